The molecule has 2 heterocycles. The smallest absolute Gasteiger partial charge is 0.319 e. The van der Waals surface area contributed by atoms with Gasteiger partial charge >= 0.3 is 6.18 Å². The van der Waals surface area contributed by atoms with Crippen molar-refractivity contribution in [1.29, 1.82) is 0 Å². The molecule has 1 amide bonds. The Morgan fingerprint density at radius 3 is 2.50 bits per heavy atom. The third kappa shape index (κ3) is 5.88. The molecule has 0 spiro atoms. The van der Waals surface area contributed by atoms with Crippen LogP contribution in [-0.2, 0) is 19.6 Å². The Morgan fingerprint density at radius 2 is 1.84 bits per heavy atom. The van der Waals surface area contributed by atoms with Crippen LogP contribution in [0.5, 0.6) is 0 Å². The molecule has 0 aliphatic carbocycles. The lowest BCUT2D eigenvalue weighted by molar-refractivity contribution is -0.137. The average molecular weight is 527 g/mol. The Balaban J connectivity index is 1.76. The molecule has 0 bridgehead atoms. The molecule has 2 aromatic heterocycles. The minimum atomic E-state index is -4.85. The number of nitrogens with zero attached hydrogens (tertiary/aromatic N) is 5. The molecule has 0 radical (unpaired) electrons. The van der Waals surface area contributed by atoms with E-state index in [1.165, 1.54) is 23.1 Å². The van der Waals surface area contributed by atoms with Crippen LogP contribution in [0.4, 0.5) is 23.2 Å². The van der Waals surface area contributed by atoms with Gasteiger partial charge in [-0.05, 0) is 51.2 Å². The van der Waals surface area contributed by atoms with Gasteiger partial charge in [0.25, 0.3) is 5.91 Å². The number of rotatable bonds is 7. The number of aromatic nitrogens is 4. The summed E-state index contributed by atoms with van der Waals surface area (Å²) < 4.78 is 57.4. The third-order valence-corrected chi connectivity index (χ3v) is 5.91. The van der Waals surface area contributed by atoms with Crippen molar-refractivity contribution < 1.29 is 22.4 Å². The molecule has 0 fully saturated rings. The number of carbonyl (C=O) groups excluding carboxylic acids is 1. The largest absolute Gasteiger partial charge is 0.417 e. The molecule has 7 nitrogen and oxygen atoms in total. The number of benzene rings is 2. The second-order valence-corrected chi connectivity index (χ2v) is 9.09. The summed E-state index contributed by atoms with van der Waals surface area (Å²) in [6, 6.07) is 10.1. The maximum atomic E-state index is 14.9. The maximum absolute atomic E-state index is 14.9. The molecule has 0 aliphatic heterocycles. The molecule has 0 aliphatic rings. The highest BCUT2D eigenvalue weighted by molar-refractivity contribution is 6.06. The fraction of sp³-hybridized carbons (Fsp3) is 0.259. The Hall–Kier alpha value is -4.12. The first kappa shape index (κ1) is 26.9. The van der Waals surface area contributed by atoms with E-state index in [1.54, 1.807) is 14.0 Å². The zero-order chi connectivity index (χ0) is 27.6. The van der Waals surface area contributed by atoms with Crippen molar-refractivity contribution in [2.24, 2.45) is 7.05 Å². The van der Waals surface area contributed by atoms with E-state index in [0.29, 0.717) is 24.0 Å². The highest BCUT2D eigenvalue weighted by Gasteiger charge is 2.36. The lowest BCUT2D eigenvalue weighted by Crippen LogP contribution is -2.18. The van der Waals surface area contributed by atoms with E-state index in [-0.39, 0.29) is 11.4 Å². The molecular weight excluding hydrogens is 500 g/mol. The Labute approximate surface area is 217 Å². The quantitative estimate of drug-likeness (QED) is 0.328. The minimum Gasteiger partial charge on any atom is -0.319 e. The van der Waals surface area contributed by atoms with Gasteiger partial charge in [0, 0.05) is 30.9 Å². The van der Waals surface area contributed by atoms with Crippen LogP contribution in [0.15, 0.2) is 54.9 Å². The van der Waals surface area contributed by atoms with Gasteiger partial charge in [-0.1, -0.05) is 24.3 Å². The molecule has 198 valence electrons. The normalized spacial score (nSPS) is 11.7. The lowest BCUT2D eigenvalue weighted by Gasteiger charge is -2.17. The summed E-state index contributed by atoms with van der Waals surface area (Å²) in [5, 5.41) is 6.62. The lowest BCUT2D eigenvalue weighted by atomic mass is 9.99. The molecule has 2 aromatic carbocycles. The topological polar surface area (TPSA) is 75.9 Å². The van der Waals surface area contributed by atoms with Crippen molar-refractivity contribution in [2.45, 2.75) is 19.5 Å². The SMILES string of the molecule is Cc1ncc(NC(=O)c2cc(-c3ccn(C)n3)c(C(F)(F)F)cc2F)c(-c2ccccc2CCN(C)C)n1. The predicted octanol–water partition coefficient (Wildman–Crippen LogP) is 5.37. The number of alkyl halides is 3. The molecule has 0 atom stereocenters. The molecule has 4 rings (SSSR count). The second kappa shape index (κ2) is 10.7. The van der Waals surface area contributed by atoms with Gasteiger partial charge in [0.05, 0.1) is 34.4 Å². The highest BCUT2D eigenvalue weighted by atomic mass is 19.4. The third-order valence-electron chi connectivity index (χ3n) is 5.91. The summed E-state index contributed by atoms with van der Waals surface area (Å²) in [6.45, 7) is 2.47. The van der Waals surface area contributed by atoms with Gasteiger partial charge in [-0.2, -0.15) is 18.3 Å². The molecule has 4 aromatic rings. The van der Waals surface area contributed by atoms with Crippen LogP contribution in [0, 0.1) is 12.7 Å². The predicted molar refractivity (Wildman–Crippen MR) is 136 cm³/mol. The fourth-order valence-corrected chi connectivity index (χ4v) is 4.02. The molecule has 38 heavy (non-hydrogen) atoms. The van der Waals surface area contributed by atoms with E-state index in [0.717, 1.165) is 23.7 Å². The standard InChI is InChI=1S/C27H26F4N6O/c1-16-32-15-24(25(33-16)18-8-6-5-7-17(18)9-11-36(2)3)34-26(38)20-13-19(23-10-12-37(4)35-23)21(14-22(20)28)27(29,30)31/h5-8,10,12-15H,9,11H2,1-4H3,(H,34,38). The van der Waals surface area contributed by atoms with Crippen molar-refractivity contribution in [2.75, 3.05) is 26.0 Å². The molecule has 0 unspecified atom stereocenters. The van der Waals surface area contributed by atoms with Gasteiger partial charge in [0.1, 0.15) is 11.6 Å². The summed E-state index contributed by atoms with van der Waals surface area (Å²) in [5.74, 6) is -1.79. The molecule has 0 saturated carbocycles. The van der Waals surface area contributed by atoms with Gasteiger partial charge in [0.15, 0.2) is 0 Å². The second-order valence-electron chi connectivity index (χ2n) is 9.09. The van der Waals surface area contributed by atoms with Crippen molar-refractivity contribution in [1.82, 2.24) is 24.6 Å². The Kier molecular flexibility index (Phi) is 7.58. The Morgan fingerprint density at radius 1 is 1.11 bits per heavy atom. The van der Waals surface area contributed by atoms with Crippen molar-refractivity contribution >= 4 is 11.6 Å². The number of nitrogens with one attached hydrogen (secondary N) is 1. The first-order chi connectivity index (χ1) is 17.9. The van der Waals surface area contributed by atoms with Crippen LogP contribution in [0.3, 0.4) is 0 Å². The number of hydrogen-bond donors (Lipinski definition) is 1. The van der Waals surface area contributed by atoms with Crippen molar-refractivity contribution in [3.63, 3.8) is 0 Å². The first-order valence-corrected chi connectivity index (χ1v) is 11.7. The van der Waals surface area contributed by atoms with Crippen LogP contribution >= 0.6 is 0 Å². The van der Waals surface area contributed by atoms with E-state index in [4.69, 9.17) is 0 Å². The average Bonchev–Trinajstić information content (AvgIpc) is 3.29. The molecule has 11 heteroatoms. The van der Waals surface area contributed by atoms with E-state index in [9.17, 15) is 22.4 Å². The van der Waals surface area contributed by atoms with Gasteiger partial charge < -0.3 is 10.2 Å². The minimum absolute atomic E-state index is 0.0388. The number of anilines is 1. The van der Waals surface area contributed by atoms with Gasteiger partial charge in [-0.3, -0.25) is 9.48 Å². The van der Waals surface area contributed by atoms with E-state index >= 15 is 0 Å². The van der Waals surface area contributed by atoms with Crippen molar-refractivity contribution in [3.05, 3.63) is 83.2 Å². The van der Waals surface area contributed by atoms with Crippen LogP contribution in [0.1, 0.15) is 27.3 Å². The van der Waals surface area contributed by atoms with Gasteiger partial charge in [0.2, 0.25) is 0 Å². The Bertz CT molecular complexity index is 1480. The first-order valence-electron chi connectivity index (χ1n) is 11.7. The van der Waals surface area contributed by atoms with Gasteiger partial charge in [-0.15, -0.1) is 0 Å². The fourth-order valence-electron chi connectivity index (χ4n) is 4.02. The monoisotopic (exact) mass is 526 g/mol. The number of carbonyl (C=O) groups is 1. The van der Waals surface area contributed by atoms with E-state index < -0.39 is 34.6 Å². The summed E-state index contributed by atoms with van der Waals surface area (Å²) in [6.07, 6.45) is -1.28. The number of aryl methyl sites for hydroxylation is 2. The summed E-state index contributed by atoms with van der Waals surface area (Å²) >= 11 is 0. The molecular formula is C27H26F4N6O. The van der Waals surface area contributed by atoms with Gasteiger partial charge in [-0.25, -0.2) is 14.4 Å². The summed E-state index contributed by atoms with van der Waals surface area (Å²) in [4.78, 5) is 24.0. The van der Waals surface area contributed by atoms with Crippen LogP contribution in [0.2, 0.25) is 0 Å². The molecule has 1 N–H and O–H groups in total. The zero-order valence-corrected chi connectivity index (χ0v) is 21.3. The molecule has 0 saturated heterocycles. The van der Waals surface area contributed by atoms with Crippen LogP contribution in [0.25, 0.3) is 22.5 Å². The number of halogens is 4. The van der Waals surface area contributed by atoms with E-state index in [1.807, 2.05) is 43.3 Å². The summed E-state index contributed by atoms with van der Waals surface area (Å²) in [5.41, 5.74) is 0.145. The highest BCUT2D eigenvalue weighted by Crippen LogP contribution is 2.38. The number of hydrogen-bond acceptors (Lipinski definition) is 5. The summed E-state index contributed by atoms with van der Waals surface area (Å²) in [7, 11) is 5.46. The zero-order valence-electron chi connectivity index (χ0n) is 21.3. The maximum Gasteiger partial charge on any atom is 0.417 e. The van der Waals surface area contributed by atoms with Crippen LogP contribution < -0.4 is 5.32 Å². The van der Waals surface area contributed by atoms with E-state index in [2.05, 4.69) is 20.4 Å². The number of likely N-dealkylation sites (N-methyl/N-ethyl adjacent to an activating group) is 1. The van der Waals surface area contributed by atoms with Crippen LogP contribution in [-0.4, -0.2) is 51.2 Å². The van der Waals surface area contributed by atoms with Crippen molar-refractivity contribution in [3.8, 4) is 22.5 Å². The number of amides is 1.